The van der Waals surface area contributed by atoms with Gasteiger partial charge in [0.2, 0.25) is 11.8 Å². The summed E-state index contributed by atoms with van der Waals surface area (Å²) in [6, 6.07) is 3.39. The van der Waals surface area contributed by atoms with Crippen molar-refractivity contribution in [2.75, 3.05) is 18.0 Å². The topological polar surface area (TPSA) is 109 Å². The zero-order valence-electron chi connectivity index (χ0n) is 19.1. The number of aryl methyl sites for hydroxylation is 2. The van der Waals surface area contributed by atoms with Crippen molar-refractivity contribution >= 4 is 23.4 Å². The van der Waals surface area contributed by atoms with Crippen molar-refractivity contribution in [3.8, 4) is 0 Å². The molecule has 10 nitrogen and oxygen atoms in total. The summed E-state index contributed by atoms with van der Waals surface area (Å²) in [6.45, 7) is 3.08. The summed E-state index contributed by atoms with van der Waals surface area (Å²) in [5, 5.41) is 10.4. The Morgan fingerprint density at radius 3 is 2.79 bits per heavy atom. The minimum Gasteiger partial charge on any atom is -0.356 e. The first-order valence-corrected chi connectivity index (χ1v) is 11.6. The maximum Gasteiger partial charge on any atom is 0.254 e. The number of aromatic nitrogens is 5. The fourth-order valence-electron chi connectivity index (χ4n) is 5.04. The molecular weight excluding hydrogens is 420 g/mol. The Balaban J connectivity index is 1.25. The third kappa shape index (κ3) is 4.29. The average Bonchev–Trinajstić information content (AvgIpc) is 3.53. The van der Waals surface area contributed by atoms with Gasteiger partial charge >= 0.3 is 0 Å². The maximum atomic E-state index is 13.1. The Hall–Kier alpha value is -3.43. The van der Waals surface area contributed by atoms with Crippen LogP contribution in [0.25, 0.3) is 5.78 Å². The number of amides is 2. The predicted octanol–water partition coefficient (Wildman–Crippen LogP) is 0.784. The molecule has 0 spiro atoms. The molecule has 1 atom stereocenters. The highest BCUT2D eigenvalue weighted by Gasteiger charge is 2.30. The van der Waals surface area contributed by atoms with Crippen LogP contribution in [0.2, 0.25) is 0 Å². The highest BCUT2D eigenvalue weighted by molar-refractivity contribution is 5.87. The minimum atomic E-state index is -0.590. The molecule has 3 aromatic heterocycles. The third-order valence-electron chi connectivity index (χ3n) is 6.72. The van der Waals surface area contributed by atoms with E-state index in [0.717, 1.165) is 62.4 Å². The number of hydrogen-bond acceptors (Lipinski definition) is 6. The van der Waals surface area contributed by atoms with Gasteiger partial charge in [-0.15, -0.1) is 0 Å². The van der Waals surface area contributed by atoms with Crippen LogP contribution in [0.5, 0.6) is 0 Å². The fraction of sp³-hybridized carbons (Fsp3) is 0.522. The number of nitrogens with one attached hydrogen (secondary N) is 2. The lowest BCUT2D eigenvalue weighted by Gasteiger charge is -2.35. The Labute approximate surface area is 192 Å². The molecule has 1 unspecified atom stereocenters. The second kappa shape index (κ2) is 8.84. The monoisotopic (exact) mass is 450 g/mol. The van der Waals surface area contributed by atoms with E-state index < -0.39 is 6.04 Å². The molecule has 0 radical (unpaired) electrons. The highest BCUT2D eigenvalue weighted by Crippen LogP contribution is 2.32. The third-order valence-corrected chi connectivity index (χ3v) is 6.72. The van der Waals surface area contributed by atoms with Gasteiger partial charge in [-0.3, -0.25) is 9.59 Å². The number of piperidine rings is 1. The molecule has 1 aliphatic carbocycles. The number of nitrogens with zero attached hydrogens (tertiary/aromatic N) is 6. The lowest BCUT2D eigenvalue weighted by Crippen LogP contribution is -2.53. The van der Waals surface area contributed by atoms with Crippen LogP contribution in [-0.4, -0.2) is 61.1 Å². The second-order valence-electron chi connectivity index (χ2n) is 9.02. The van der Waals surface area contributed by atoms with Crippen molar-refractivity contribution in [1.82, 2.24) is 34.8 Å². The van der Waals surface area contributed by atoms with Gasteiger partial charge in [-0.1, -0.05) is 0 Å². The summed E-state index contributed by atoms with van der Waals surface area (Å²) in [6.07, 6.45) is 8.73. The SMILES string of the molecule is CC(=O)NC(Cc1cccn1C)C(=O)NC1CCN(c2c3c(nc4ncnn24)CCC3)CC1. The van der Waals surface area contributed by atoms with E-state index in [9.17, 15) is 9.59 Å². The van der Waals surface area contributed by atoms with Gasteiger partial charge in [0.1, 0.15) is 18.2 Å². The van der Waals surface area contributed by atoms with E-state index in [1.807, 2.05) is 34.5 Å². The molecule has 1 saturated heterocycles. The summed E-state index contributed by atoms with van der Waals surface area (Å²) in [4.78, 5) is 36.1. The Morgan fingerprint density at radius 1 is 1.24 bits per heavy atom. The van der Waals surface area contributed by atoms with Crippen molar-refractivity contribution in [1.29, 1.82) is 0 Å². The van der Waals surface area contributed by atoms with E-state index in [1.54, 1.807) is 6.33 Å². The molecule has 4 heterocycles. The van der Waals surface area contributed by atoms with Gasteiger partial charge in [0.25, 0.3) is 5.78 Å². The van der Waals surface area contributed by atoms with E-state index >= 15 is 0 Å². The number of anilines is 1. The standard InChI is InChI=1S/C23H30N8O2/c1-15(32)26-20(13-17-5-4-10-29(17)2)21(33)27-16-8-11-30(12-9-16)22-18-6-3-7-19(18)28-23-24-14-25-31(22)23/h4-5,10,14,16,20H,3,6-9,11-13H2,1-2H3,(H,26,32)(H,27,33). The molecular formula is C23H30N8O2. The quantitative estimate of drug-likeness (QED) is 0.575. The number of fused-ring (bicyclic) bond motifs is 2. The van der Waals surface area contributed by atoms with Gasteiger partial charge in [-0.05, 0) is 44.2 Å². The van der Waals surface area contributed by atoms with Gasteiger partial charge < -0.3 is 20.1 Å². The Kier molecular flexibility index (Phi) is 5.74. The molecule has 1 aliphatic heterocycles. The fourth-order valence-corrected chi connectivity index (χ4v) is 5.04. The first kappa shape index (κ1) is 21.4. The predicted molar refractivity (Wildman–Crippen MR) is 123 cm³/mol. The molecule has 0 bridgehead atoms. The van der Waals surface area contributed by atoms with Crippen molar-refractivity contribution < 1.29 is 9.59 Å². The normalized spacial score (nSPS) is 17.2. The van der Waals surface area contributed by atoms with Crippen LogP contribution < -0.4 is 15.5 Å². The molecule has 2 aliphatic rings. The summed E-state index contributed by atoms with van der Waals surface area (Å²) < 4.78 is 3.83. The molecule has 2 N–H and O–H groups in total. The number of carbonyl (C=O) groups is 2. The zero-order chi connectivity index (χ0) is 22.9. The smallest absolute Gasteiger partial charge is 0.254 e. The lowest BCUT2D eigenvalue weighted by molar-refractivity contribution is -0.128. The van der Waals surface area contributed by atoms with Crippen LogP contribution in [0, 0.1) is 0 Å². The first-order valence-electron chi connectivity index (χ1n) is 11.6. The molecule has 33 heavy (non-hydrogen) atoms. The van der Waals surface area contributed by atoms with E-state index in [2.05, 4.69) is 30.6 Å². The second-order valence-corrected chi connectivity index (χ2v) is 9.02. The summed E-state index contributed by atoms with van der Waals surface area (Å²) in [5.74, 6) is 1.42. The van der Waals surface area contributed by atoms with E-state index in [0.29, 0.717) is 12.2 Å². The largest absolute Gasteiger partial charge is 0.356 e. The first-order chi connectivity index (χ1) is 16.0. The maximum absolute atomic E-state index is 13.1. The number of carbonyl (C=O) groups excluding carboxylic acids is 2. The van der Waals surface area contributed by atoms with Crippen LogP contribution in [-0.2, 0) is 35.9 Å². The van der Waals surface area contributed by atoms with Crippen molar-refractivity contribution in [3.63, 3.8) is 0 Å². The zero-order valence-corrected chi connectivity index (χ0v) is 19.1. The molecule has 0 saturated carbocycles. The molecule has 3 aromatic rings. The minimum absolute atomic E-state index is 0.0690. The Morgan fingerprint density at radius 2 is 2.06 bits per heavy atom. The van der Waals surface area contributed by atoms with Gasteiger partial charge in [-0.25, -0.2) is 4.98 Å². The summed E-state index contributed by atoms with van der Waals surface area (Å²) in [5.41, 5.74) is 3.42. The molecule has 1 fully saturated rings. The highest BCUT2D eigenvalue weighted by atomic mass is 16.2. The van der Waals surface area contributed by atoms with Gasteiger partial charge in [0.15, 0.2) is 0 Å². The van der Waals surface area contributed by atoms with E-state index in [-0.39, 0.29) is 17.9 Å². The van der Waals surface area contributed by atoms with Crippen LogP contribution in [0.1, 0.15) is 43.1 Å². The molecule has 2 amide bonds. The van der Waals surface area contributed by atoms with Gasteiger partial charge in [-0.2, -0.15) is 14.6 Å². The number of hydrogen-bond donors (Lipinski definition) is 2. The Bertz CT molecular complexity index is 1170. The number of rotatable bonds is 6. The van der Waals surface area contributed by atoms with Crippen LogP contribution in [0.15, 0.2) is 24.7 Å². The molecule has 0 aromatic carbocycles. The molecule has 10 heteroatoms. The van der Waals surface area contributed by atoms with Crippen LogP contribution >= 0.6 is 0 Å². The average molecular weight is 451 g/mol. The van der Waals surface area contributed by atoms with Gasteiger partial charge in [0, 0.05) is 57.0 Å². The summed E-state index contributed by atoms with van der Waals surface area (Å²) in [7, 11) is 1.94. The molecule has 5 rings (SSSR count). The van der Waals surface area contributed by atoms with Crippen LogP contribution in [0.4, 0.5) is 5.82 Å². The molecule has 174 valence electrons. The lowest BCUT2D eigenvalue weighted by atomic mass is 10.0. The van der Waals surface area contributed by atoms with E-state index in [1.165, 1.54) is 12.5 Å². The van der Waals surface area contributed by atoms with Crippen molar-refractivity contribution in [3.05, 3.63) is 41.6 Å². The van der Waals surface area contributed by atoms with Crippen molar-refractivity contribution in [2.24, 2.45) is 7.05 Å². The van der Waals surface area contributed by atoms with Crippen LogP contribution in [0.3, 0.4) is 0 Å². The van der Waals surface area contributed by atoms with Crippen molar-refractivity contribution in [2.45, 2.75) is 57.5 Å². The summed E-state index contributed by atoms with van der Waals surface area (Å²) >= 11 is 0. The van der Waals surface area contributed by atoms with Gasteiger partial charge in [0.05, 0.1) is 5.69 Å². The van der Waals surface area contributed by atoms with E-state index in [4.69, 9.17) is 0 Å².